The Morgan fingerprint density at radius 1 is 0.545 bits per heavy atom. The van der Waals surface area contributed by atoms with Gasteiger partial charge in [0, 0.05) is 23.5 Å². The molecule has 2 rings (SSSR count). The zero-order valence-corrected chi connectivity index (χ0v) is 21.6. The van der Waals surface area contributed by atoms with E-state index in [9.17, 15) is 14.4 Å². The Bertz CT molecular complexity index is 881. The number of alkyl halides is 2. The monoisotopic (exact) mass is 582 g/mol. The predicted molar refractivity (Wildman–Crippen MR) is 134 cm³/mol. The fraction of sp³-hybridized carbons (Fsp3) is 0.400. The summed E-state index contributed by atoms with van der Waals surface area (Å²) in [5, 5.41) is 1.85. The molecule has 0 fully saturated rings. The summed E-state index contributed by atoms with van der Waals surface area (Å²) in [4.78, 5) is 36.1. The maximum atomic E-state index is 12.4. The van der Waals surface area contributed by atoms with Crippen molar-refractivity contribution >= 4 is 49.8 Å². The average molecular weight is 584 g/mol. The topological polar surface area (TPSA) is 78.9 Å². The van der Waals surface area contributed by atoms with Crippen LogP contribution in [0.15, 0.2) is 48.5 Å². The lowest BCUT2D eigenvalue weighted by Crippen LogP contribution is -2.10. The molecule has 178 valence electrons. The van der Waals surface area contributed by atoms with Crippen LogP contribution in [0, 0.1) is 0 Å². The van der Waals surface area contributed by atoms with Crippen LogP contribution >= 0.6 is 31.9 Å². The summed E-state index contributed by atoms with van der Waals surface area (Å²) in [6, 6.07) is 12.5. The van der Waals surface area contributed by atoms with E-state index in [0.717, 1.165) is 49.2 Å². The van der Waals surface area contributed by atoms with Crippen molar-refractivity contribution in [2.24, 2.45) is 0 Å². The maximum absolute atomic E-state index is 12.4. The van der Waals surface area contributed by atoms with Gasteiger partial charge in [0.2, 0.25) is 0 Å². The molecule has 0 aliphatic heterocycles. The minimum absolute atomic E-state index is 0.283. The Morgan fingerprint density at radius 2 is 0.939 bits per heavy atom. The van der Waals surface area contributed by atoms with Crippen molar-refractivity contribution in [3.8, 4) is 17.2 Å². The van der Waals surface area contributed by atoms with Gasteiger partial charge < -0.3 is 14.2 Å². The molecule has 0 amide bonds. The molecule has 0 atom stereocenters. The Kier molecular flexibility index (Phi) is 12.8. The Labute approximate surface area is 211 Å². The number of carbonyl (C=O) groups excluding carboxylic acids is 3. The van der Waals surface area contributed by atoms with Crippen molar-refractivity contribution < 1.29 is 28.6 Å². The highest BCUT2D eigenvalue weighted by Crippen LogP contribution is 2.20. The first kappa shape index (κ1) is 27.1. The molecule has 0 aromatic heterocycles. The molecule has 0 N–H and O–H groups in total. The van der Waals surface area contributed by atoms with E-state index in [2.05, 4.69) is 31.9 Å². The van der Waals surface area contributed by atoms with E-state index in [1.807, 2.05) is 0 Å². The lowest BCUT2D eigenvalue weighted by Gasteiger charge is -2.08. The van der Waals surface area contributed by atoms with Gasteiger partial charge in [-0.2, -0.15) is 0 Å². The van der Waals surface area contributed by atoms with Crippen LogP contribution in [-0.2, 0) is 9.59 Å². The van der Waals surface area contributed by atoms with E-state index >= 15 is 0 Å². The van der Waals surface area contributed by atoms with Crippen LogP contribution in [-0.4, -0.2) is 28.6 Å². The van der Waals surface area contributed by atoms with E-state index in [1.165, 1.54) is 0 Å². The summed E-state index contributed by atoms with van der Waals surface area (Å²) in [6.45, 7) is 0. The van der Waals surface area contributed by atoms with E-state index in [4.69, 9.17) is 14.2 Å². The Hall–Kier alpha value is -2.19. The van der Waals surface area contributed by atoms with Crippen molar-refractivity contribution in [2.45, 2.75) is 51.4 Å². The lowest BCUT2D eigenvalue weighted by molar-refractivity contribution is -0.135. The standard InChI is InChI=1S/C25H28Br2O6/c26-17-5-1-3-7-23(28)31-20-11-9-19(10-12-20)25(30)33-22-15-13-21(14-16-22)32-24(29)8-4-2-6-18-27/h9-16H,1-8,17-18H2. The number of hydrogen-bond acceptors (Lipinski definition) is 6. The summed E-state index contributed by atoms with van der Waals surface area (Å²) in [6.07, 6.45) is 6.28. The fourth-order valence-corrected chi connectivity index (χ4v) is 3.64. The number of rotatable bonds is 14. The summed E-state index contributed by atoms with van der Waals surface area (Å²) >= 11 is 6.72. The van der Waals surface area contributed by atoms with E-state index in [0.29, 0.717) is 35.7 Å². The third-order valence-electron chi connectivity index (χ3n) is 4.62. The molecule has 6 nitrogen and oxygen atoms in total. The van der Waals surface area contributed by atoms with Crippen molar-refractivity contribution in [1.82, 2.24) is 0 Å². The van der Waals surface area contributed by atoms with Crippen molar-refractivity contribution in [3.63, 3.8) is 0 Å². The van der Waals surface area contributed by atoms with Crippen LogP contribution in [0.25, 0.3) is 0 Å². The number of carbonyl (C=O) groups is 3. The van der Waals surface area contributed by atoms with Crippen molar-refractivity contribution in [3.05, 3.63) is 54.1 Å². The van der Waals surface area contributed by atoms with Gasteiger partial charge in [-0.1, -0.05) is 44.7 Å². The molecule has 0 unspecified atom stereocenters. The molecule has 0 bridgehead atoms. The van der Waals surface area contributed by atoms with Crippen molar-refractivity contribution in [2.75, 3.05) is 10.7 Å². The number of hydrogen-bond donors (Lipinski definition) is 0. The minimum Gasteiger partial charge on any atom is -0.427 e. The maximum Gasteiger partial charge on any atom is 0.343 e. The predicted octanol–water partition coefficient (Wildman–Crippen LogP) is 6.63. The Morgan fingerprint density at radius 3 is 1.36 bits per heavy atom. The van der Waals surface area contributed by atoms with Gasteiger partial charge in [0.15, 0.2) is 0 Å². The summed E-state index contributed by atoms with van der Waals surface area (Å²) in [5.74, 6) is -0.00184. The van der Waals surface area contributed by atoms with Gasteiger partial charge in [-0.05, 0) is 74.2 Å². The quantitative estimate of drug-likeness (QED) is 0.107. The fourth-order valence-electron chi connectivity index (χ4n) is 2.85. The molecule has 0 aliphatic carbocycles. The number of benzene rings is 2. The van der Waals surface area contributed by atoms with Crippen molar-refractivity contribution in [1.29, 1.82) is 0 Å². The summed E-state index contributed by atoms with van der Waals surface area (Å²) in [7, 11) is 0. The zero-order valence-electron chi connectivity index (χ0n) is 18.4. The highest BCUT2D eigenvalue weighted by molar-refractivity contribution is 9.09. The van der Waals surface area contributed by atoms with Gasteiger partial charge in [0.1, 0.15) is 17.2 Å². The van der Waals surface area contributed by atoms with E-state index < -0.39 is 5.97 Å². The average Bonchev–Trinajstić information content (AvgIpc) is 2.81. The second-order valence-corrected chi connectivity index (χ2v) is 8.92. The molecule has 0 saturated heterocycles. The van der Waals surface area contributed by atoms with Crippen LogP contribution in [0.5, 0.6) is 17.2 Å². The molecule has 8 heteroatoms. The number of esters is 3. The van der Waals surface area contributed by atoms with Gasteiger partial charge in [-0.3, -0.25) is 9.59 Å². The number of ether oxygens (including phenoxy) is 3. The SMILES string of the molecule is O=C(CCCCCBr)Oc1ccc(OC(=O)c2ccc(OC(=O)CCCCCBr)cc2)cc1. The second kappa shape index (κ2) is 15.6. The second-order valence-electron chi connectivity index (χ2n) is 7.33. The zero-order chi connectivity index (χ0) is 23.9. The molecule has 2 aromatic rings. The lowest BCUT2D eigenvalue weighted by atomic mass is 10.2. The molecule has 33 heavy (non-hydrogen) atoms. The van der Waals surface area contributed by atoms with Crippen LogP contribution in [0.1, 0.15) is 61.7 Å². The molecule has 0 aliphatic rings. The molecule has 0 saturated carbocycles. The molecular weight excluding hydrogens is 556 g/mol. The largest absolute Gasteiger partial charge is 0.427 e. The first-order valence-electron chi connectivity index (χ1n) is 11.0. The smallest absolute Gasteiger partial charge is 0.343 e. The number of unbranched alkanes of at least 4 members (excludes halogenated alkanes) is 4. The highest BCUT2D eigenvalue weighted by Gasteiger charge is 2.11. The summed E-state index contributed by atoms with van der Waals surface area (Å²) in [5.41, 5.74) is 0.325. The normalized spacial score (nSPS) is 10.5. The van der Waals surface area contributed by atoms with Gasteiger partial charge in [-0.15, -0.1) is 0 Å². The minimum atomic E-state index is -0.542. The van der Waals surface area contributed by atoms with Crippen LogP contribution < -0.4 is 14.2 Å². The van der Waals surface area contributed by atoms with Gasteiger partial charge in [0.05, 0.1) is 5.56 Å². The third-order valence-corrected chi connectivity index (χ3v) is 5.74. The van der Waals surface area contributed by atoms with Gasteiger partial charge in [0.25, 0.3) is 0 Å². The third kappa shape index (κ3) is 11.0. The molecule has 0 spiro atoms. The van der Waals surface area contributed by atoms with E-state index in [-0.39, 0.29) is 11.9 Å². The molecule has 0 heterocycles. The molecular formula is C25H28Br2O6. The first-order chi connectivity index (χ1) is 16.0. The van der Waals surface area contributed by atoms with E-state index in [1.54, 1.807) is 48.5 Å². The van der Waals surface area contributed by atoms with Crippen LogP contribution in [0.4, 0.5) is 0 Å². The molecule has 2 aromatic carbocycles. The summed E-state index contributed by atoms with van der Waals surface area (Å²) < 4.78 is 15.9. The molecule has 0 radical (unpaired) electrons. The number of halogens is 2. The first-order valence-corrected chi connectivity index (χ1v) is 13.2. The Balaban J connectivity index is 1.78. The van der Waals surface area contributed by atoms with Crippen LogP contribution in [0.3, 0.4) is 0 Å². The highest BCUT2D eigenvalue weighted by atomic mass is 79.9. The van der Waals surface area contributed by atoms with Crippen LogP contribution in [0.2, 0.25) is 0 Å². The van der Waals surface area contributed by atoms with Gasteiger partial charge >= 0.3 is 17.9 Å². The van der Waals surface area contributed by atoms with Gasteiger partial charge in [-0.25, -0.2) is 4.79 Å².